The Hall–Kier alpha value is -3.04. The molecule has 2 aliphatic rings. The van der Waals surface area contributed by atoms with E-state index in [0.29, 0.717) is 32.0 Å². The van der Waals surface area contributed by atoms with E-state index in [4.69, 9.17) is 18.8 Å². The van der Waals surface area contributed by atoms with Gasteiger partial charge >= 0.3 is 13.2 Å². The fourth-order valence-electron chi connectivity index (χ4n) is 4.79. The normalized spacial score (nSPS) is 20.4. The maximum Gasteiger partial charge on any atom is 0.494 e. The van der Waals surface area contributed by atoms with Crippen LogP contribution < -0.4 is 10.2 Å². The second kappa shape index (κ2) is 11.5. The van der Waals surface area contributed by atoms with Crippen molar-refractivity contribution < 1.29 is 28.4 Å². The molecular weight excluding hydrogens is 507 g/mol. The van der Waals surface area contributed by atoms with E-state index in [-0.39, 0.29) is 24.5 Å². The predicted octanol–water partition coefficient (Wildman–Crippen LogP) is 4.58. The Labute approximate surface area is 239 Å². The lowest BCUT2D eigenvalue weighted by Crippen LogP contribution is -2.56. The van der Waals surface area contributed by atoms with Gasteiger partial charge in [0.05, 0.1) is 17.6 Å². The van der Waals surface area contributed by atoms with Crippen molar-refractivity contribution in [2.24, 2.45) is 0 Å². The first-order chi connectivity index (χ1) is 18.6. The number of carbonyl (C=O) groups is 2. The summed E-state index contributed by atoms with van der Waals surface area (Å²) in [5.74, 6) is 0.629. The van der Waals surface area contributed by atoms with Crippen LogP contribution in [0, 0.1) is 0 Å². The van der Waals surface area contributed by atoms with Crippen molar-refractivity contribution in [3.63, 3.8) is 0 Å². The summed E-state index contributed by atoms with van der Waals surface area (Å²) in [6.07, 6.45) is -0.185. The smallest absolute Gasteiger partial charge is 0.489 e. The lowest BCUT2D eigenvalue weighted by Gasteiger charge is -2.40. The van der Waals surface area contributed by atoms with E-state index in [0.717, 1.165) is 16.6 Å². The molecule has 2 heterocycles. The number of carbonyl (C=O) groups excluding carboxylic acids is 2. The largest absolute Gasteiger partial charge is 0.494 e. The van der Waals surface area contributed by atoms with Gasteiger partial charge in [-0.2, -0.15) is 0 Å². The van der Waals surface area contributed by atoms with Gasteiger partial charge in [-0.15, -0.1) is 0 Å². The van der Waals surface area contributed by atoms with E-state index in [9.17, 15) is 9.59 Å². The molecule has 0 unspecified atom stereocenters. The maximum absolute atomic E-state index is 13.6. The zero-order chi connectivity index (χ0) is 29.3. The number of hydrogen-bond donors (Lipinski definition) is 0. The van der Waals surface area contributed by atoms with E-state index in [1.54, 1.807) is 4.90 Å². The van der Waals surface area contributed by atoms with Crippen LogP contribution in [0.5, 0.6) is 5.75 Å². The van der Waals surface area contributed by atoms with Gasteiger partial charge < -0.3 is 28.6 Å². The third-order valence-electron chi connectivity index (χ3n) is 7.80. The number of hydrogen-bond acceptors (Lipinski definition) is 6. The molecule has 40 heavy (non-hydrogen) atoms. The Morgan fingerprint density at radius 3 is 2.25 bits per heavy atom. The summed E-state index contributed by atoms with van der Waals surface area (Å²) in [6, 6.07) is 15.6. The molecule has 2 saturated heterocycles. The van der Waals surface area contributed by atoms with E-state index in [2.05, 4.69) is 0 Å². The summed E-state index contributed by atoms with van der Waals surface area (Å²) in [5, 5.41) is 0. The van der Waals surface area contributed by atoms with Gasteiger partial charge in [-0.05, 0) is 72.5 Å². The van der Waals surface area contributed by atoms with Crippen LogP contribution in [0.1, 0.15) is 66.5 Å². The van der Waals surface area contributed by atoms with Gasteiger partial charge in [0.2, 0.25) is 5.91 Å². The molecule has 2 aromatic carbocycles. The molecule has 8 nitrogen and oxygen atoms in total. The number of piperazine rings is 1. The molecule has 0 saturated carbocycles. The minimum absolute atomic E-state index is 0.0219. The molecule has 0 bridgehead atoms. The van der Waals surface area contributed by atoms with Gasteiger partial charge in [0, 0.05) is 31.2 Å². The average molecular weight is 551 g/mol. The van der Waals surface area contributed by atoms with Crippen molar-refractivity contribution >= 4 is 24.6 Å². The second-order valence-corrected chi connectivity index (χ2v) is 12.8. The lowest BCUT2D eigenvalue weighted by atomic mass is 9.78. The molecule has 0 radical (unpaired) electrons. The lowest BCUT2D eigenvalue weighted by molar-refractivity contribution is -0.133. The zero-order valence-electron chi connectivity index (χ0n) is 25.2. The molecule has 2 aromatic rings. The quantitative estimate of drug-likeness (QED) is 0.491. The maximum atomic E-state index is 13.6. The molecule has 2 amide bonds. The molecule has 2 aliphatic heterocycles. The fourth-order valence-corrected chi connectivity index (χ4v) is 4.79. The van der Waals surface area contributed by atoms with Gasteiger partial charge in [0.25, 0.3) is 0 Å². The number of rotatable bonds is 6. The summed E-state index contributed by atoms with van der Waals surface area (Å²) in [6.45, 7) is 17.3. The second-order valence-electron chi connectivity index (χ2n) is 12.8. The molecule has 2 fully saturated rings. The average Bonchev–Trinajstić information content (AvgIpc) is 3.09. The highest BCUT2D eigenvalue weighted by molar-refractivity contribution is 6.62. The van der Waals surface area contributed by atoms with Crippen LogP contribution in [0.3, 0.4) is 0 Å². The van der Waals surface area contributed by atoms with Crippen molar-refractivity contribution in [3.8, 4) is 5.75 Å². The first-order valence-corrected chi connectivity index (χ1v) is 14.1. The standard InChI is InChI=1S/C31H43BN2O6/c1-22-20-33(16-17-34(22)28(36)38-29(2,3)4)27(35)19-24-18-25(32-39-30(5,6)31(7,8)40-32)14-15-26(24)37-21-23-12-10-9-11-13-23/h9-15,18,22H,16-17,19-21H2,1-8H3/t22-/m0/s1. The van der Waals surface area contributed by atoms with E-state index >= 15 is 0 Å². The summed E-state index contributed by atoms with van der Waals surface area (Å²) >= 11 is 0. The van der Waals surface area contributed by atoms with Crippen molar-refractivity contribution in [2.75, 3.05) is 19.6 Å². The molecule has 0 aromatic heterocycles. The zero-order valence-corrected chi connectivity index (χ0v) is 25.2. The molecular formula is C31H43BN2O6. The molecule has 4 rings (SSSR count). The highest BCUT2D eigenvalue weighted by Gasteiger charge is 2.51. The first-order valence-electron chi connectivity index (χ1n) is 14.1. The minimum atomic E-state index is -0.567. The van der Waals surface area contributed by atoms with Crippen molar-refractivity contribution in [3.05, 3.63) is 59.7 Å². The fraction of sp³-hybridized carbons (Fsp3) is 0.548. The number of nitrogens with zero attached hydrogens (tertiary/aromatic N) is 2. The number of benzene rings is 2. The Morgan fingerprint density at radius 1 is 1.00 bits per heavy atom. The highest BCUT2D eigenvalue weighted by atomic mass is 16.7. The summed E-state index contributed by atoms with van der Waals surface area (Å²) in [7, 11) is -0.542. The van der Waals surface area contributed by atoms with Gasteiger partial charge in [0.15, 0.2) is 0 Å². The van der Waals surface area contributed by atoms with Crippen LogP contribution in [0.4, 0.5) is 4.79 Å². The van der Waals surface area contributed by atoms with Gasteiger partial charge in [-0.25, -0.2) is 4.79 Å². The topological polar surface area (TPSA) is 77.5 Å². The van der Waals surface area contributed by atoms with Crippen molar-refractivity contribution in [1.82, 2.24) is 9.80 Å². The molecule has 1 atom stereocenters. The number of ether oxygens (including phenoxy) is 2. The van der Waals surface area contributed by atoms with Crippen LogP contribution in [0.25, 0.3) is 0 Å². The molecule has 0 N–H and O–H groups in total. The highest BCUT2D eigenvalue weighted by Crippen LogP contribution is 2.37. The summed E-state index contributed by atoms with van der Waals surface area (Å²) < 4.78 is 24.3. The first kappa shape index (κ1) is 29.9. The minimum Gasteiger partial charge on any atom is -0.489 e. The Balaban J connectivity index is 1.50. The predicted molar refractivity (Wildman–Crippen MR) is 156 cm³/mol. The van der Waals surface area contributed by atoms with Crippen molar-refractivity contribution in [2.45, 2.75) is 91.3 Å². The SMILES string of the molecule is C[C@H]1CN(C(=O)Cc2cc(B3OC(C)(C)C(C)(C)O3)ccc2OCc2ccccc2)CCN1C(=O)OC(C)(C)C. The Bertz CT molecular complexity index is 1190. The molecule has 0 spiro atoms. The van der Waals surface area contributed by atoms with Gasteiger partial charge in [0.1, 0.15) is 18.0 Å². The van der Waals surface area contributed by atoms with E-state index in [1.165, 1.54) is 0 Å². The third kappa shape index (κ3) is 6.99. The van der Waals surface area contributed by atoms with Gasteiger partial charge in [-0.3, -0.25) is 4.79 Å². The summed E-state index contributed by atoms with van der Waals surface area (Å²) in [4.78, 5) is 29.7. The van der Waals surface area contributed by atoms with Crippen LogP contribution in [-0.2, 0) is 31.9 Å². The van der Waals surface area contributed by atoms with E-state index < -0.39 is 23.9 Å². The summed E-state index contributed by atoms with van der Waals surface area (Å²) in [5.41, 5.74) is 1.15. The Morgan fingerprint density at radius 2 is 1.65 bits per heavy atom. The van der Waals surface area contributed by atoms with Gasteiger partial charge in [-0.1, -0.05) is 42.5 Å². The number of amides is 2. The van der Waals surface area contributed by atoms with E-state index in [1.807, 2.05) is 109 Å². The van der Waals surface area contributed by atoms with Crippen LogP contribution in [-0.4, -0.2) is 71.4 Å². The van der Waals surface area contributed by atoms with Crippen LogP contribution >= 0.6 is 0 Å². The third-order valence-corrected chi connectivity index (χ3v) is 7.80. The monoisotopic (exact) mass is 550 g/mol. The molecule has 216 valence electrons. The molecule has 0 aliphatic carbocycles. The Kier molecular flexibility index (Phi) is 8.57. The van der Waals surface area contributed by atoms with Crippen LogP contribution in [0.15, 0.2) is 48.5 Å². The molecule has 9 heteroatoms. The van der Waals surface area contributed by atoms with Crippen LogP contribution in [0.2, 0.25) is 0 Å². The van der Waals surface area contributed by atoms with Crippen molar-refractivity contribution in [1.29, 1.82) is 0 Å².